The number of hydrazone groups is 1. The molecule has 4 rings (SSSR count). The summed E-state index contributed by atoms with van der Waals surface area (Å²) in [6, 6.07) is 14.5. The van der Waals surface area contributed by atoms with Crippen molar-refractivity contribution in [3.8, 4) is 0 Å². The molecule has 0 atom stereocenters. The highest BCUT2D eigenvalue weighted by molar-refractivity contribution is 6.44. The number of hydrogen-bond donors (Lipinski definition) is 2. The standard InChI is InChI=1S/C24H21Cl2N3O3/c1-14-21-17(28-29-20(30)13-15-7-3-2-4-8-15)10-6-12-19(21)32-23(14)24(31)27-18-11-5-9-16(25)22(18)26/h2-5,7-9,11H,6,10,12-13H2,1H3,(H,27,31)(H,29,30)/b28-17+. The highest BCUT2D eigenvalue weighted by Gasteiger charge is 2.28. The molecule has 1 aliphatic carbocycles. The van der Waals surface area contributed by atoms with Crippen LogP contribution >= 0.6 is 23.2 Å². The van der Waals surface area contributed by atoms with Crippen molar-refractivity contribution in [3.05, 3.63) is 86.8 Å². The molecule has 0 aliphatic heterocycles. The van der Waals surface area contributed by atoms with Crippen molar-refractivity contribution in [2.24, 2.45) is 5.10 Å². The maximum Gasteiger partial charge on any atom is 0.291 e. The Kier molecular flexibility index (Phi) is 6.63. The number of aryl methyl sites for hydroxylation is 1. The van der Waals surface area contributed by atoms with E-state index in [-0.39, 0.29) is 23.1 Å². The van der Waals surface area contributed by atoms with Crippen LogP contribution in [0.25, 0.3) is 0 Å². The first-order chi connectivity index (χ1) is 15.4. The van der Waals surface area contributed by atoms with Crippen LogP contribution in [0.1, 0.15) is 45.8 Å². The summed E-state index contributed by atoms with van der Waals surface area (Å²) in [6.07, 6.45) is 2.43. The number of fused-ring (bicyclic) bond motifs is 1. The summed E-state index contributed by atoms with van der Waals surface area (Å²) in [7, 11) is 0. The summed E-state index contributed by atoms with van der Waals surface area (Å²) in [6.45, 7) is 1.81. The highest BCUT2D eigenvalue weighted by atomic mass is 35.5. The van der Waals surface area contributed by atoms with Gasteiger partial charge in [0.15, 0.2) is 5.76 Å². The van der Waals surface area contributed by atoms with Gasteiger partial charge in [0.1, 0.15) is 5.76 Å². The Hall–Kier alpha value is -3.09. The van der Waals surface area contributed by atoms with Crippen molar-refractivity contribution < 1.29 is 14.0 Å². The van der Waals surface area contributed by atoms with E-state index in [4.69, 9.17) is 27.6 Å². The molecule has 0 saturated carbocycles. The number of benzene rings is 2. The van der Waals surface area contributed by atoms with Crippen molar-refractivity contribution in [1.82, 2.24) is 5.43 Å². The van der Waals surface area contributed by atoms with Crippen LogP contribution in [0.2, 0.25) is 10.0 Å². The van der Waals surface area contributed by atoms with Crippen LogP contribution in [0.3, 0.4) is 0 Å². The molecule has 32 heavy (non-hydrogen) atoms. The topological polar surface area (TPSA) is 83.7 Å². The fourth-order valence-corrected chi connectivity index (χ4v) is 4.07. The lowest BCUT2D eigenvalue weighted by Gasteiger charge is -2.13. The molecule has 2 amide bonds. The molecule has 0 fully saturated rings. The van der Waals surface area contributed by atoms with E-state index in [0.29, 0.717) is 40.6 Å². The van der Waals surface area contributed by atoms with Crippen LogP contribution in [0, 0.1) is 6.92 Å². The summed E-state index contributed by atoms with van der Waals surface area (Å²) >= 11 is 12.2. The van der Waals surface area contributed by atoms with Crippen molar-refractivity contribution in [3.63, 3.8) is 0 Å². The monoisotopic (exact) mass is 469 g/mol. The second kappa shape index (κ2) is 9.59. The zero-order valence-electron chi connectivity index (χ0n) is 17.4. The Morgan fingerprint density at radius 2 is 1.84 bits per heavy atom. The van der Waals surface area contributed by atoms with Crippen molar-refractivity contribution in [2.75, 3.05) is 5.32 Å². The van der Waals surface area contributed by atoms with Gasteiger partial charge in [-0.2, -0.15) is 5.10 Å². The molecule has 1 aromatic heterocycles. The molecular weight excluding hydrogens is 449 g/mol. The maximum atomic E-state index is 12.9. The summed E-state index contributed by atoms with van der Waals surface area (Å²) in [5.74, 6) is 0.252. The number of rotatable bonds is 5. The molecule has 8 heteroatoms. The molecule has 1 aliphatic rings. The average Bonchev–Trinajstić information content (AvgIpc) is 3.13. The first kappa shape index (κ1) is 22.1. The SMILES string of the molecule is Cc1c(C(=O)Nc2cccc(Cl)c2Cl)oc2c1/C(=N/NC(=O)Cc1ccccc1)CCC2. The molecule has 1 heterocycles. The van der Waals surface area contributed by atoms with E-state index in [0.717, 1.165) is 17.5 Å². The molecule has 0 radical (unpaired) electrons. The van der Waals surface area contributed by atoms with E-state index < -0.39 is 5.91 Å². The van der Waals surface area contributed by atoms with Gasteiger partial charge in [0, 0.05) is 17.5 Å². The van der Waals surface area contributed by atoms with Crippen LogP contribution in [-0.4, -0.2) is 17.5 Å². The summed E-state index contributed by atoms with van der Waals surface area (Å²) < 4.78 is 5.89. The van der Waals surface area contributed by atoms with Crippen LogP contribution in [-0.2, 0) is 17.6 Å². The number of anilines is 1. The van der Waals surface area contributed by atoms with E-state index >= 15 is 0 Å². The van der Waals surface area contributed by atoms with Gasteiger partial charge < -0.3 is 9.73 Å². The third kappa shape index (κ3) is 4.71. The van der Waals surface area contributed by atoms with Crippen molar-refractivity contribution in [2.45, 2.75) is 32.6 Å². The van der Waals surface area contributed by atoms with Gasteiger partial charge in [-0.1, -0.05) is 59.6 Å². The molecule has 2 aromatic carbocycles. The number of carbonyl (C=O) groups is 2. The number of carbonyl (C=O) groups excluding carboxylic acids is 2. The molecule has 0 spiro atoms. The van der Waals surface area contributed by atoms with E-state index in [9.17, 15) is 9.59 Å². The minimum Gasteiger partial charge on any atom is -0.455 e. The molecule has 2 N–H and O–H groups in total. The van der Waals surface area contributed by atoms with Gasteiger partial charge in [0.2, 0.25) is 5.91 Å². The van der Waals surface area contributed by atoms with Crippen LogP contribution < -0.4 is 10.7 Å². The first-order valence-electron chi connectivity index (χ1n) is 10.2. The Bertz CT molecular complexity index is 1200. The normalized spacial score (nSPS) is 14.2. The van der Waals surface area contributed by atoms with E-state index in [1.54, 1.807) is 18.2 Å². The van der Waals surface area contributed by atoms with Crippen molar-refractivity contribution >= 4 is 46.4 Å². The van der Waals surface area contributed by atoms with E-state index in [2.05, 4.69) is 15.8 Å². The smallest absolute Gasteiger partial charge is 0.291 e. The fraction of sp³-hybridized carbons (Fsp3) is 0.208. The third-order valence-corrected chi connectivity index (χ3v) is 6.07. The number of amides is 2. The predicted octanol–water partition coefficient (Wildman–Crippen LogP) is 5.55. The highest BCUT2D eigenvalue weighted by Crippen LogP contribution is 2.32. The zero-order valence-corrected chi connectivity index (χ0v) is 18.9. The molecule has 0 saturated heterocycles. The summed E-state index contributed by atoms with van der Waals surface area (Å²) in [5, 5.41) is 7.71. The molecule has 0 bridgehead atoms. The molecule has 6 nitrogen and oxygen atoms in total. The van der Waals surface area contributed by atoms with Gasteiger partial charge in [0.05, 0.1) is 27.9 Å². The number of furan rings is 1. The zero-order chi connectivity index (χ0) is 22.7. The van der Waals surface area contributed by atoms with Crippen LogP contribution in [0.5, 0.6) is 0 Å². The minimum absolute atomic E-state index is 0.191. The fourth-order valence-electron chi connectivity index (χ4n) is 3.73. The number of hydrogen-bond acceptors (Lipinski definition) is 4. The molecule has 164 valence electrons. The average molecular weight is 470 g/mol. The number of nitrogens with zero attached hydrogens (tertiary/aromatic N) is 1. The quantitative estimate of drug-likeness (QED) is 0.480. The first-order valence-corrected chi connectivity index (χ1v) is 11.0. The van der Waals surface area contributed by atoms with Gasteiger partial charge in [-0.25, -0.2) is 5.43 Å². The Morgan fingerprint density at radius 1 is 1.06 bits per heavy atom. The number of nitrogens with one attached hydrogen (secondary N) is 2. The van der Waals surface area contributed by atoms with Gasteiger partial charge in [-0.3, -0.25) is 9.59 Å². The Morgan fingerprint density at radius 3 is 2.62 bits per heavy atom. The van der Waals surface area contributed by atoms with Crippen LogP contribution in [0.15, 0.2) is 58.0 Å². The minimum atomic E-state index is -0.423. The molecular formula is C24H21Cl2N3O3. The lowest BCUT2D eigenvalue weighted by atomic mass is 9.93. The maximum absolute atomic E-state index is 12.9. The van der Waals surface area contributed by atoms with Gasteiger partial charge in [0.25, 0.3) is 5.91 Å². The summed E-state index contributed by atoms with van der Waals surface area (Å²) in [4.78, 5) is 25.2. The Balaban J connectivity index is 1.53. The predicted molar refractivity (Wildman–Crippen MR) is 126 cm³/mol. The van der Waals surface area contributed by atoms with Gasteiger partial charge >= 0.3 is 0 Å². The summed E-state index contributed by atoms with van der Waals surface area (Å²) in [5.41, 5.74) is 6.10. The van der Waals surface area contributed by atoms with Gasteiger partial charge in [-0.15, -0.1) is 0 Å². The molecule has 3 aromatic rings. The van der Waals surface area contributed by atoms with Gasteiger partial charge in [-0.05, 0) is 37.5 Å². The van der Waals surface area contributed by atoms with E-state index in [1.165, 1.54) is 0 Å². The lowest BCUT2D eigenvalue weighted by Crippen LogP contribution is -2.23. The molecule has 0 unspecified atom stereocenters. The number of halogens is 2. The van der Waals surface area contributed by atoms with Crippen LogP contribution in [0.4, 0.5) is 5.69 Å². The largest absolute Gasteiger partial charge is 0.455 e. The lowest BCUT2D eigenvalue weighted by molar-refractivity contribution is -0.120. The third-order valence-electron chi connectivity index (χ3n) is 5.25. The van der Waals surface area contributed by atoms with Crippen molar-refractivity contribution in [1.29, 1.82) is 0 Å². The Labute approximate surface area is 195 Å². The second-order valence-electron chi connectivity index (χ2n) is 7.52. The second-order valence-corrected chi connectivity index (χ2v) is 8.30. The van der Waals surface area contributed by atoms with E-state index in [1.807, 2.05) is 37.3 Å².